The number of fused-ring (bicyclic) bond motifs is 1. The molecule has 0 atom stereocenters. The summed E-state index contributed by atoms with van der Waals surface area (Å²) in [5.74, 6) is 5.54. The van der Waals surface area contributed by atoms with Gasteiger partial charge < -0.3 is 0 Å². The lowest BCUT2D eigenvalue weighted by Gasteiger charge is -2.04. The molecule has 0 unspecified atom stereocenters. The third-order valence-corrected chi connectivity index (χ3v) is 3.51. The molecule has 86 valence electrons. The van der Waals surface area contributed by atoms with Crippen LogP contribution in [0.4, 0.5) is 5.13 Å². The highest BCUT2D eigenvalue weighted by molar-refractivity contribution is 7.21. The standard InChI is InChI=1S/C8H11N5O2S/c1-11-5(14)4-6(12(2)8(11)15)16-7(10-4)13(3)9/h9H2,1-3H3. The van der Waals surface area contributed by atoms with Gasteiger partial charge in [-0.05, 0) is 0 Å². The van der Waals surface area contributed by atoms with E-state index >= 15 is 0 Å². The van der Waals surface area contributed by atoms with E-state index in [9.17, 15) is 9.59 Å². The lowest BCUT2D eigenvalue weighted by Crippen LogP contribution is -2.36. The number of hydrazine groups is 1. The summed E-state index contributed by atoms with van der Waals surface area (Å²) >= 11 is 1.21. The first-order valence-corrected chi connectivity index (χ1v) is 5.30. The van der Waals surface area contributed by atoms with Crippen molar-refractivity contribution >= 4 is 26.8 Å². The van der Waals surface area contributed by atoms with E-state index in [2.05, 4.69) is 4.98 Å². The van der Waals surface area contributed by atoms with Crippen molar-refractivity contribution in [1.82, 2.24) is 14.1 Å². The molecule has 2 aromatic rings. The second-order valence-corrected chi connectivity index (χ2v) is 4.42. The fourth-order valence-corrected chi connectivity index (χ4v) is 2.27. The summed E-state index contributed by atoms with van der Waals surface area (Å²) in [5.41, 5.74) is -0.503. The van der Waals surface area contributed by atoms with Crippen molar-refractivity contribution in [2.75, 3.05) is 12.1 Å². The predicted molar refractivity (Wildman–Crippen MR) is 62.7 cm³/mol. The van der Waals surface area contributed by atoms with Gasteiger partial charge in [-0.2, -0.15) is 0 Å². The van der Waals surface area contributed by atoms with Crippen molar-refractivity contribution < 1.29 is 0 Å². The van der Waals surface area contributed by atoms with E-state index in [0.717, 1.165) is 4.57 Å². The first-order valence-electron chi connectivity index (χ1n) is 4.48. The molecule has 0 radical (unpaired) electrons. The van der Waals surface area contributed by atoms with E-state index in [1.54, 1.807) is 14.1 Å². The Morgan fingerprint density at radius 1 is 1.31 bits per heavy atom. The van der Waals surface area contributed by atoms with Crippen LogP contribution in [-0.2, 0) is 14.1 Å². The second-order valence-electron chi connectivity index (χ2n) is 3.47. The van der Waals surface area contributed by atoms with Crippen LogP contribution in [0.2, 0.25) is 0 Å². The molecule has 16 heavy (non-hydrogen) atoms. The molecule has 2 N–H and O–H groups in total. The van der Waals surface area contributed by atoms with Gasteiger partial charge in [-0.3, -0.25) is 18.9 Å². The molecule has 0 amide bonds. The third kappa shape index (κ3) is 1.34. The predicted octanol–water partition coefficient (Wildman–Crippen LogP) is -0.996. The molecule has 0 aliphatic heterocycles. The van der Waals surface area contributed by atoms with Crippen LogP contribution in [0.1, 0.15) is 0 Å². The summed E-state index contributed by atoms with van der Waals surface area (Å²) in [6, 6.07) is 0. The highest BCUT2D eigenvalue weighted by Crippen LogP contribution is 2.23. The van der Waals surface area contributed by atoms with Gasteiger partial charge in [0, 0.05) is 21.1 Å². The van der Waals surface area contributed by atoms with Gasteiger partial charge in [0.15, 0.2) is 5.52 Å². The summed E-state index contributed by atoms with van der Waals surface area (Å²) < 4.78 is 2.42. The van der Waals surface area contributed by atoms with Gasteiger partial charge in [-0.1, -0.05) is 11.3 Å². The first-order chi connectivity index (χ1) is 7.43. The molecule has 2 heterocycles. The van der Waals surface area contributed by atoms with Crippen LogP contribution in [-0.4, -0.2) is 21.2 Å². The van der Waals surface area contributed by atoms with Gasteiger partial charge in [0.25, 0.3) is 5.56 Å². The first kappa shape index (κ1) is 10.8. The zero-order chi connectivity index (χ0) is 12.0. The summed E-state index contributed by atoms with van der Waals surface area (Å²) in [5, 5.41) is 1.81. The monoisotopic (exact) mass is 241 g/mol. The molecule has 0 fully saturated rings. The van der Waals surface area contributed by atoms with Crippen molar-refractivity contribution in [2.24, 2.45) is 19.9 Å². The summed E-state index contributed by atoms with van der Waals surface area (Å²) in [7, 11) is 4.65. The van der Waals surface area contributed by atoms with E-state index in [0.29, 0.717) is 9.96 Å². The van der Waals surface area contributed by atoms with Crippen LogP contribution in [0.15, 0.2) is 9.59 Å². The Balaban J connectivity index is 2.98. The van der Waals surface area contributed by atoms with E-state index in [-0.39, 0.29) is 11.2 Å². The van der Waals surface area contributed by atoms with Crippen molar-refractivity contribution in [2.45, 2.75) is 0 Å². The number of anilines is 1. The molecule has 2 rings (SSSR count). The Morgan fingerprint density at radius 2 is 1.94 bits per heavy atom. The average molecular weight is 241 g/mol. The smallest absolute Gasteiger partial charge is 0.289 e. The van der Waals surface area contributed by atoms with Gasteiger partial charge in [0.2, 0.25) is 5.13 Å². The SMILES string of the molecule is CN(N)c1nc2c(=O)n(C)c(=O)n(C)c2s1. The summed E-state index contributed by atoms with van der Waals surface area (Å²) in [6.45, 7) is 0. The molecular formula is C8H11N5O2S. The van der Waals surface area contributed by atoms with Gasteiger partial charge in [0.1, 0.15) is 4.83 Å². The molecule has 0 aromatic carbocycles. The maximum atomic E-state index is 11.8. The molecule has 0 aliphatic rings. The van der Waals surface area contributed by atoms with Gasteiger partial charge in [0.05, 0.1) is 0 Å². The molecule has 8 heteroatoms. The van der Waals surface area contributed by atoms with Crippen molar-refractivity contribution in [3.8, 4) is 0 Å². The van der Waals surface area contributed by atoms with Crippen molar-refractivity contribution in [1.29, 1.82) is 0 Å². The number of rotatable bonds is 1. The van der Waals surface area contributed by atoms with Crippen molar-refractivity contribution in [3.63, 3.8) is 0 Å². The Hall–Kier alpha value is -1.67. The quantitative estimate of drug-likeness (QED) is 0.511. The topological polar surface area (TPSA) is 86.2 Å². The number of thiazole rings is 1. The maximum absolute atomic E-state index is 11.8. The molecular weight excluding hydrogens is 230 g/mol. The number of aryl methyl sites for hydroxylation is 1. The third-order valence-electron chi connectivity index (χ3n) is 2.29. The van der Waals surface area contributed by atoms with Gasteiger partial charge in [-0.15, -0.1) is 0 Å². The normalized spacial score (nSPS) is 11.0. The fourth-order valence-electron chi connectivity index (χ4n) is 1.38. The minimum Gasteiger partial charge on any atom is -0.289 e. The maximum Gasteiger partial charge on any atom is 0.331 e. The number of nitrogens with zero attached hydrogens (tertiary/aromatic N) is 4. The average Bonchev–Trinajstić information content (AvgIpc) is 2.68. The van der Waals surface area contributed by atoms with Gasteiger partial charge >= 0.3 is 5.69 Å². The number of nitrogens with two attached hydrogens (primary N) is 1. The summed E-state index contributed by atoms with van der Waals surface area (Å²) in [4.78, 5) is 28.0. The van der Waals surface area contributed by atoms with Crippen molar-refractivity contribution in [3.05, 3.63) is 20.8 Å². The molecule has 0 spiro atoms. The van der Waals surface area contributed by atoms with E-state index in [1.807, 2.05) is 0 Å². The highest BCUT2D eigenvalue weighted by atomic mass is 32.1. The second kappa shape index (κ2) is 3.42. The Bertz CT molecular complexity index is 665. The molecule has 0 saturated carbocycles. The summed E-state index contributed by atoms with van der Waals surface area (Å²) in [6.07, 6.45) is 0. The molecule has 0 bridgehead atoms. The van der Waals surface area contributed by atoms with Crippen LogP contribution in [0, 0.1) is 0 Å². The minimum atomic E-state index is -0.401. The molecule has 0 saturated heterocycles. The number of hydrogen-bond donors (Lipinski definition) is 1. The van der Waals surface area contributed by atoms with Crippen LogP contribution >= 0.6 is 11.3 Å². The number of hydrogen-bond acceptors (Lipinski definition) is 6. The zero-order valence-corrected chi connectivity index (χ0v) is 9.91. The Kier molecular flexibility index (Phi) is 2.32. The Labute approximate surface area is 94.3 Å². The fraction of sp³-hybridized carbons (Fsp3) is 0.375. The lowest BCUT2D eigenvalue weighted by atomic mass is 10.5. The largest absolute Gasteiger partial charge is 0.331 e. The van der Waals surface area contributed by atoms with Crippen LogP contribution in [0.5, 0.6) is 0 Å². The minimum absolute atomic E-state index is 0.266. The van der Waals surface area contributed by atoms with Gasteiger partial charge in [-0.25, -0.2) is 15.6 Å². The highest BCUT2D eigenvalue weighted by Gasteiger charge is 2.14. The van der Waals surface area contributed by atoms with E-state index in [1.165, 1.54) is 28.0 Å². The van der Waals surface area contributed by atoms with E-state index in [4.69, 9.17) is 5.84 Å². The van der Waals surface area contributed by atoms with Crippen LogP contribution in [0.3, 0.4) is 0 Å². The zero-order valence-electron chi connectivity index (χ0n) is 9.09. The lowest BCUT2D eigenvalue weighted by molar-refractivity contribution is 0.715. The Morgan fingerprint density at radius 3 is 2.50 bits per heavy atom. The van der Waals surface area contributed by atoms with Crippen LogP contribution in [0.25, 0.3) is 10.3 Å². The molecule has 7 nitrogen and oxygen atoms in total. The van der Waals surface area contributed by atoms with Crippen LogP contribution < -0.4 is 22.1 Å². The van der Waals surface area contributed by atoms with E-state index < -0.39 is 5.56 Å². The molecule has 0 aliphatic carbocycles. The molecule has 2 aromatic heterocycles. The number of aromatic nitrogens is 3.